The van der Waals surface area contributed by atoms with Crippen LogP contribution in [-0.2, 0) is 19.1 Å². The van der Waals surface area contributed by atoms with Gasteiger partial charge in [-0.1, -0.05) is 44.9 Å². The van der Waals surface area contributed by atoms with Crippen molar-refractivity contribution in [2.75, 3.05) is 32.8 Å². The highest BCUT2D eigenvalue weighted by Gasteiger charge is 2.36. The molecule has 3 N–H and O–H groups in total. The molecule has 1 saturated carbocycles. The lowest BCUT2D eigenvalue weighted by molar-refractivity contribution is -0.140. The molecule has 2 saturated heterocycles. The van der Waals surface area contributed by atoms with E-state index in [1.165, 1.54) is 10.7 Å². The number of piperidine rings is 1. The normalized spacial score (nSPS) is 18.6. The van der Waals surface area contributed by atoms with Crippen LogP contribution in [0.25, 0.3) is 5.69 Å². The molecule has 3 heterocycles. The maximum atomic E-state index is 13.6. The molecule has 5 rings (SSSR count). The minimum atomic E-state index is -0.762. The molecule has 2 aromatic rings. The molecule has 14 nitrogen and oxygen atoms in total. The maximum Gasteiger partial charge on any atom is 0.407 e. The number of ether oxygens (including phenoxy) is 2. The van der Waals surface area contributed by atoms with Crippen molar-refractivity contribution < 1.29 is 33.4 Å². The highest BCUT2D eigenvalue weighted by atomic mass is 16.5. The van der Waals surface area contributed by atoms with Crippen LogP contribution in [0.3, 0.4) is 0 Å². The van der Waals surface area contributed by atoms with E-state index in [9.17, 15) is 24.0 Å². The Labute approximate surface area is 293 Å². The van der Waals surface area contributed by atoms with Gasteiger partial charge in [-0.25, -0.2) is 9.48 Å². The summed E-state index contributed by atoms with van der Waals surface area (Å²) in [7, 11) is 0. The molecule has 0 bridgehead atoms. The van der Waals surface area contributed by atoms with Gasteiger partial charge in [0.1, 0.15) is 12.1 Å². The first-order valence-electron chi connectivity index (χ1n) is 18.2. The molecule has 1 aliphatic carbocycles. The Bertz CT molecular complexity index is 1470. The number of aromatic nitrogens is 2. The maximum absolute atomic E-state index is 13.6. The summed E-state index contributed by atoms with van der Waals surface area (Å²) >= 11 is 0. The molecule has 2 unspecified atom stereocenters. The number of amides is 5. The molecule has 2 atom stereocenters. The first kappa shape index (κ1) is 36.7. The first-order chi connectivity index (χ1) is 24.3. The molecule has 0 spiro atoms. The van der Waals surface area contributed by atoms with Crippen LogP contribution in [0.2, 0.25) is 0 Å². The van der Waals surface area contributed by atoms with E-state index in [1.807, 2.05) is 32.0 Å². The van der Waals surface area contributed by atoms with Crippen molar-refractivity contribution in [2.45, 2.75) is 109 Å². The summed E-state index contributed by atoms with van der Waals surface area (Å²) in [6.45, 7) is 5.40. The van der Waals surface area contributed by atoms with Crippen molar-refractivity contribution in [1.29, 1.82) is 0 Å². The van der Waals surface area contributed by atoms with Gasteiger partial charge in [0.2, 0.25) is 17.7 Å². The van der Waals surface area contributed by atoms with Crippen LogP contribution in [0, 0.1) is 0 Å². The molecule has 0 radical (unpaired) electrons. The Kier molecular flexibility index (Phi) is 13.1. The number of para-hydroxylation sites is 1. The van der Waals surface area contributed by atoms with Crippen LogP contribution in [0.5, 0.6) is 5.88 Å². The number of carbonyl (C=O) groups is 5. The second-order valence-corrected chi connectivity index (χ2v) is 13.3. The molecular formula is C36H51N7O7. The number of unbranched alkanes of at least 4 members (excludes halogenated alkanes) is 1. The monoisotopic (exact) mass is 693 g/mol. The molecule has 2 aliphatic heterocycles. The lowest BCUT2D eigenvalue weighted by Gasteiger charge is -2.34. The highest BCUT2D eigenvalue weighted by Crippen LogP contribution is 2.24. The number of nitrogens with zero attached hydrogens (tertiary/aromatic N) is 4. The zero-order valence-corrected chi connectivity index (χ0v) is 29.2. The minimum absolute atomic E-state index is 0.0358. The van der Waals surface area contributed by atoms with Crippen molar-refractivity contribution in [3.05, 3.63) is 42.1 Å². The number of nitrogens with one attached hydrogen (secondary N) is 3. The standard InChI is InChI=1S/C36H51N7O7/c1-3-5-22-49-36(48)38-26-17-20-41(21-18-26)35(47)28(11-4-2)39-33(45)29-23-32(43(40-29)27-14-7-6-8-15-27)50-24-31(44)42-19-10-16-30(42)34(46)37-25-12-9-13-25/h6-8,14-15,23,25-26,28,30H,3-5,9-13,16-22,24H2,1-2H3,(H,37,46)(H,38,48)(H,39,45). The Morgan fingerprint density at radius 1 is 0.900 bits per heavy atom. The molecule has 1 aromatic carbocycles. The van der Waals surface area contributed by atoms with E-state index in [2.05, 4.69) is 21.0 Å². The lowest BCUT2D eigenvalue weighted by Crippen LogP contribution is -2.53. The Balaban J connectivity index is 1.20. The van der Waals surface area contributed by atoms with Gasteiger partial charge in [0.15, 0.2) is 12.3 Å². The molecule has 50 heavy (non-hydrogen) atoms. The summed E-state index contributed by atoms with van der Waals surface area (Å²) in [4.78, 5) is 68.7. The van der Waals surface area contributed by atoms with Crippen molar-refractivity contribution in [3.63, 3.8) is 0 Å². The van der Waals surface area contributed by atoms with Crippen LogP contribution in [-0.4, -0.2) is 106 Å². The van der Waals surface area contributed by atoms with E-state index in [0.717, 1.165) is 38.5 Å². The largest absolute Gasteiger partial charge is 0.467 e. The molecule has 5 amide bonds. The van der Waals surface area contributed by atoms with Crippen molar-refractivity contribution in [1.82, 2.24) is 35.5 Å². The zero-order valence-electron chi connectivity index (χ0n) is 29.2. The Morgan fingerprint density at radius 2 is 1.64 bits per heavy atom. The van der Waals surface area contributed by atoms with Crippen LogP contribution in [0.4, 0.5) is 4.79 Å². The van der Waals surface area contributed by atoms with Gasteiger partial charge in [-0.05, 0) is 69.9 Å². The Hall–Kier alpha value is -4.62. The second-order valence-electron chi connectivity index (χ2n) is 13.3. The van der Waals surface area contributed by atoms with Crippen LogP contribution < -0.4 is 20.7 Å². The summed E-state index contributed by atoms with van der Waals surface area (Å²) in [6, 6.07) is 9.40. The number of hydrogen-bond acceptors (Lipinski definition) is 8. The van der Waals surface area contributed by atoms with Gasteiger partial charge < -0.3 is 35.2 Å². The second kappa shape index (κ2) is 17.9. The lowest BCUT2D eigenvalue weighted by atomic mass is 9.93. The third-order valence-electron chi connectivity index (χ3n) is 9.62. The number of carbonyl (C=O) groups excluding carboxylic acids is 5. The number of benzene rings is 1. The predicted octanol–water partition coefficient (Wildman–Crippen LogP) is 3.33. The van der Waals surface area contributed by atoms with E-state index < -0.39 is 24.1 Å². The van der Waals surface area contributed by atoms with Gasteiger partial charge in [-0.15, -0.1) is 0 Å². The molecule has 1 aromatic heterocycles. The van der Waals surface area contributed by atoms with Crippen LogP contribution in [0.1, 0.15) is 95.0 Å². The summed E-state index contributed by atoms with van der Waals surface area (Å²) in [5.41, 5.74) is 0.661. The van der Waals surface area contributed by atoms with Crippen LogP contribution >= 0.6 is 0 Å². The number of likely N-dealkylation sites (tertiary alicyclic amines) is 2. The first-order valence-corrected chi connectivity index (χ1v) is 18.2. The Morgan fingerprint density at radius 3 is 2.32 bits per heavy atom. The zero-order chi connectivity index (χ0) is 35.5. The quantitative estimate of drug-likeness (QED) is 0.239. The average molecular weight is 694 g/mol. The number of hydrogen-bond donors (Lipinski definition) is 3. The van der Waals surface area contributed by atoms with Gasteiger partial charge >= 0.3 is 6.09 Å². The highest BCUT2D eigenvalue weighted by molar-refractivity contribution is 5.96. The molecule has 3 fully saturated rings. The van der Waals surface area contributed by atoms with E-state index in [0.29, 0.717) is 64.0 Å². The molecule has 14 heteroatoms. The van der Waals surface area contributed by atoms with E-state index in [1.54, 1.807) is 21.9 Å². The fraction of sp³-hybridized carbons (Fsp3) is 0.611. The van der Waals surface area contributed by atoms with Crippen LogP contribution in [0.15, 0.2) is 36.4 Å². The fourth-order valence-corrected chi connectivity index (χ4v) is 6.50. The van der Waals surface area contributed by atoms with Gasteiger partial charge in [-0.2, -0.15) is 5.10 Å². The smallest absolute Gasteiger partial charge is 0.407 e. The van der Waals surface area contributed by atoms with E-state index in [-0.39, 0.29) is 48.0 Å². The van der Waals surface area contributed by atoms with Crippen molar-refractivity contribution >= 4 is 29.7 Å². The van der Waals surface area contributed by atoms with E-state index in [4.69, 9.17) is 9.47 Å². The number of alkyl carbamates (subject to hydrolysis) is 1. The summed E-state index contributed by atoms with van der Waals surface area (Å²) < 4.78 is 12.6. The van der Waals surface area contributed by atoms with Gasteiger partial charge in [0.25, 0.3) is 11.8 Å². The summed E-state index contributed by atoms with van der Waals surface area (Å²) in [5, 5.41) is 13.3. The fourth-order valence-electron chi connectivity index (χ4n) is 6.50. The van der Waals surface area contributed by atoms with Gasteiger partial charge in [0.05, 0.1) is 12.3 Å². The minimum Gasteiger partial charge on any atom is -0.467 e. The average Bonchev–Trinajstić information content (AvgIpc) is 3.78. The third kappa shape index (κ3) is 9.54. The van der Waals surface area contributed by atoms with Crippen molar-refractivity contribution in [3.8, 4) is 11.6 Å². The van der Waals surface area contributed by atoms with Gasteiger partial charge in [-0.3, -0.25) is 19.2 Å². The summed E-state index contributed by atoms with van der Waals surface area (Å²) in [6.07, 6.45) is 7.99. The molecule has 3 aliphatic rings. The topological polar surface area (TPSA) is 164 Å². The van der Waals surface area contributed by atoms with Gasteiger partial charge in [0, 0.05) is 37.8 Å². The number of rotatable bonds is 15. The van der Waals surface area contributed by atoms with Crippen molar-refractivity contribution in [2.24, 2.45) is 0 Å². The molecule has 272 valence electrons. The third-order valence-corrected chi connectivity index (χ3v) is 9.62. The van der Waals surface area contributed by atoms with E-state index >= 15 is 0 Å². The SMILES string of the molecule is CCCCOC(=O)NC1CCN(C(=O)C(CCC)NC(=O)c2cc(OCC(=O)N3CCCC3C(=O)NC3CCC3)n(-c3ccccc3)n2)CC1. The summed E-state index contributed by atoms with van der Waals surface area (Å²) in [5.74, 6) is -0.973. The predicted molar refractivity (Wildman–Crippen MR) is 185 cm³/mol. The molecular weight excluding hydrogens is 642 g/mol.